The predicted octanol–water partition coefficient (Wildman–Crippen LogP) is 3.18. The number of rotatable bonds is 1. The molecule has 0 spiro atoms. The first-order chi connectivity index (χ1) is 8.91. The highest BCUT2D eigenvalue weighted by Crippen LogP contribution is 2.44. The molecule has 3 nitrogen and oxygen atoms in total. The van der Waals surface area contributed by atoms with Crippen LogP contribution in [0.4, 0.5) is 0 Å². The Balaban J connectivity index is 1.90. The lowest BCUT2D eigenvalue weighted by Gasteiger charge is -2.32. The molecule has 1 atom stereocenters. The summed E-state index contributed by atoms with van der Waals surface area (Å²) in [6.07, 6.45) is 0.938. The lowest BCUT2D eigenvalue weighted by molar-refractivity contribution is 0.00578. The number of hydrogen-bond acceptors (Lipinski definition) is 3. The largest absolute Gasteiger partial charge is 0.493 e. The van der Waals surface area contributed by atoms with E-state index in [4.69, 9.17) is 14.0 Å². The van der Waals surface area contributed by atoms with Gasteiger partial charge in [0.25, 0.3) is 0 Å². The fraction of sp³-hybridized carbons (Fsp3) is 0.600. The van der Waals surface area contributed by atoms with Crippen LogP contribution in [0.5, 0.6) is 5.75 Å². The summed E-state index contributed by atoms with van der Waals surface area (Å²) in [5.41, 5.74) is 0.655. The minimum absolute atomic E-state index is 0.185. The van der Waals surface area contributed by atoms with Gasteiger partial charge in [-0.15, -0.1) is 0 Å². The van der Waals surface area contributed by atoms with Gasteiger partial charge in [0.2, 0.25) is 0 Å². The Hall–Kier alpha value is -0.995. The summed E-state index contributed by atoms with van der Waals surface area (Å²) in [5, 5.41) is 0. The van der Waals surface area contributed by atoms with Gasteiger partial charge in [-0.05, 0) is 45.7 Å². The fourth-order valence-corrected chi connectivity index (χ4v) is 2.71. The molecule has 0 N–H and O–H groups in total. The maximum absolute atomic E-state index is 6.18. The highest BCUT2D eigenvalue weighted by Gasteiger charge is 2.54. The summed E-state index contributed by atoms with van der Waals surface area (Å²) in [4.78, 5) is 0. The van der Waals surface area contributed by atoms with Crippen LogP contribution in [0.25, 0.3) is 0 Å². The molecule has 1 saturated heterocycles. The van der Waals surface area contributed by atoms with E-state index in [1.165, 1.54) is 5.56 Å². The van der Waals surface area contributed by atoms with Gasteiger partial charge in [-0.1, -0.05) is 18.2 Å². The Morgan fingerprint density at radius 3 is 2.37 bits per heavy atom. The quantitative estimate of drug-likeness (QED) is 0.726. The zero-order valence-electron chi connectivity index (χ0n) is 12.1. The molecule has 4 heteroatoms. The topological polar surface area (TPSA) is 27.7 Å². The van der Waals surface area contributed by atoms with Gasteiger partial charge in [0, 0.05) is 5.82 Å². The summed E-state index contributed by atoms with van der Waals surface area (Å²) in [6.45, 7) is 9.11. The molecule has 1 aromatic rings. The van der Waals surface area contributed by atoms with Crippen LogP contribution in [0.3, 0.4) is 0 Å². The van der Waals surface area contributed by atoms with Gasteiger partial charge in [-0.3, -0.25) is 0 Å². The average molecular weight is 260 g/mol. The molecule has 19 heavy (non-hydrogen) atoms. The van der Waals surface area contributed by atoms with Crippen LogP contribution in [0, 0.1) is 0 Å². The van der Waals surface area contributed by atoms with E-state index in [-0.39, 0.29) is 24.1 Å². The maximum atomic E-state index is 6.18. The highest BCUT2D eigenvalue weighted by atomic mass is 16.7. The lowest BCUT2D eigenvalue weighted by Crippen LogP contribution is -2.41. The van der Waals surface area contributed by atoms with Crippen LogP contribution in [-0.4, -0.2) is 24.9 Å². The zero-order chi connectivity index (χ0) is 13.7. The van der Waals surface area contributed by atoms with Crippen molar-refractivity contribution in [1.29, 1.82) is 0 Å². The van der Waals surface area contributed by atoms with Crippen LogP contribution in [0.2, 0.25) is 0 Å². The van der Waals surface area contributed by atoms with Crippen LogP contribution < -0.4 is 4.74 Å². The summed E-state index contributed by atoms with van der Waals surface area (Å²) < 4.78 is 18.1. The first-order valence-electron chi connectivity index (χ1n) is 6.98. The van der Waals surface area contributed by atoms with Crippen molar-refractivity contribution in [3.05, 3.63) is 29.8 Å². The number of para-hydroxylation sites is 1. The van der Waals surface area contributed by atoms with Gasteiger partial charge in [0.05, 0.1) is 17.8 Å². The molecule has 2 aliphatic heterocycles. The van der Waals surface area contributed by atoms with E-state index >= 15 is 0 Å². The molecule has 1 aromatic carbocycles. The van der Waals surface area contributed by atoms with Gasteiger partial charge in [0.15, 0.2) is 0 Å². The van der Waals surface area contributed by atoms with Gasteiger partial charge in [0.1, 0.15) is 5.75 Å². The van der Waals surface area contributed by atoms with Crippen LogP contribution >= 0.6 is 0 Å². The minimum Gasteiger partial charge on any atom is -0.493 e. The molecular weight excluding hydrogens is 239 g/mol. The van der Waals surface area contributed by atoms with E-state index in [0.29, 0.717) is 0 Å². The SMILES string of the molecule is CC1(C)OB(C2CCOc3ccccc32)OC1(C)C. The van der Waals surface area contributed by atoms with E-state index in [0.717, 1.165) is 18.8 Å². The second-order valence-electron chi connectivity index (χ2n) is 6.41. The van der Waals surface area contributed by atoms with Crippen molar-refractivity contribution in [3.8, 4) is 5.75 Å². The average Bonchev–Trinajstić information content (AvgIpc) is 2.58. The standard InChI is InChI=1S/C15H21BO3/c1-14(2)15(3,4)19-16(18-14)12-9-10-17-13-8-6-5-7-11(12)13/h5-8,12H,9-10H2,1-4H3. The highest BCUT2D eigenvalue weighted by molar-refractivity contribution is 6.47. The molecule has 0 amide bonds. The normalized spacial score (nSPS) is 27.8. The molecule has 0 aromatic heterocycles. The number of benzene rings is 1. The smallest absolute Gasteiger partial charge is 0.466 e. The maximum Gasteiger partial charge on any atom is 0.466 e. The van der Waals surface area contributed by atoms with Crippen molar-refractivity contribution >= 4 is 7.12 Å². The molecule has 1 unspecified atom stereocenters. The van der Waals surface area contributed by atoms with Crippen molar-refractivity contribution < 1.29 is 14.0 Å². The molecule has 0 bridgehead atoms. The molecule has 2 aliphatic rings. The van der Waals surface area contributed by atoms with Crippen molar-refractivity contribution in [2.45, 2.75) is 51.1 Å². The van der Waals surface area contributed by atoms with Gasteiger partial charge < -0.3 is 14.0 Å². The second-order valence-corrected chi connectivity index (χ2v) is 6.41. The number of fused-ring (bicyclic) bond motifs is 1. The Kier molecular flexibility index (Phi) is 2.91. The summed E-state index contributed by atoms with van der Waals surface area (Å²) in [5.74, 6) is 1.22. The minimum atomic E-state index is -0.273. The van der Waals surface area contributed by atoms with Crippen LogP contribution in [-0.2, 0) is 9.31 Å². The predicted molar refractivity (Wildman–Crippen MR) is 75.4 cm³/mol. The molecule has 1 fully saturated rings. The molecule has 3 rings (SSSR count). The van der Waals surface area contributed by atoms with Crippen LogP contribution in [0.1, 0.15) is 45.5 Å². The lowest BCUT2D eigenvalue weighted by atomic mass is 9.65. The molecule has 0 aliphatic carbocycles. The third kappa shape index (κ3) is 2.07. The van der Waals surface area contributed by atoms with Gasteiger partial charge >= 0.3 is 7.12 Å². The third-order valence-electron chi connectivity index (χ3n) is 4.60. The van der Waals surface area contributed by atoms with Crippen LogP contribution in [0.15, 0.2) is 24.3 Å². The number of hydrogen-bond donors (Lipinski definition) is 0. The Bertz CT molecular complexity index is 468. The molecule has 102 valence electrons. The summed E-state index contributed by atoms with van der Waals surface area (Å²) in [6, 6.07) is 8.19. The monoisotopic (exact) mass is 260 g/mol. The summed E-state index contributed by atoms with van der Waals surface area (Å²) >= 11 is 0. The molecule has 0 radical (unpaired) electrons. The van der Waals surface area contributed by atoms with E-state index in [9.17, 15) is 0 Å². The van der Waals surface area contributed by atoms with Gasteiger partial charge in [-0.2, -0.15) is 0 Å². The number of ether oxygens (including phenoxy) is 1. The first kappa shape index (κ1) is 13.0. The Morgan fingerprint density at radius 1 is 1.05 bits per heavy atom. The van der Waals surface area contributed by atoms with E-state index in [2.05, 4.69) is 33.8 Å². The van der Waals surface area contributed by atoms with Crippen molar-refractivity contribution in [2.75, 3.05) is 6.61 Å². The zero-order valence-corrected chi connectivity index (χ0v) is 12.1. The van der Waals surface area contributed by atoms with Gasteiger partial charge in [-0.25, -0.2) is 0 Å². The Labute approximate surface area is 115 Å². The third-order valence-corrected chi connectivity index (χ3v) is 4.60. The van der Waals surface area contributed by atoms with Crippen molar-refractivity contribution in [2.24, 2.45) is 0 Å². The summed E-state index contributed by atoms with van der Waals surface area (Å²) in [7, 11) is -0.185. The second kappa shape index (κ2) is 4.25. The first-order valence-corrected chi connectivity index (χ1v) is 6.98. The van der Waals surface area contributed by atoms with Crippen molar-refractivity contribution in [1.82, 2.24) is 0 Å². The van der Waals surface area contributed by atoms with E-state index in [1.807, 2.05) is 18.2 Å². The molecular formula is C15H21BO3. The van der Waals surface area contributed by atoms with E-state index in [1.54, 1.807) is 0 Å². The van der Waals surface area contributed by atoms with Crippen molar-refractivity contribution in [3.63, 3.8) is 0 Å². The Morgan fingerprint density at radius 2 is 1.68 bits per heavy atom. The molecule has 2 heterocycles. The molecule has 0 saturated carbocycles. The van der Waals surface area contributed by atoms with E-state index < -0.39 is 0 Å². The fourth-order valence-electron chi connectivity index (χ4n) is 2.71.